The summed E-state index contributed by atoms with van der Waals surface area (Å²) in [6.45, 7) is 4.50. The van der Waals surface area contributed by atoms with Gasteiger partial charge in [0.2, 0.25) is 0 Å². The number of aliphatic hydroxyl groups excluding tert-OH is 1. The van der Waals surface area contributed by atoms with Gasteiger partial charge < -0.3 is 10.4 Å². The largest absolute Gasteiger partial charge is 0.401 e. The predicted molar refractivity (Wildman–Crippen MR) is 66.6 cm³/mol. The standard InChI is InChI=1S/C12H25F3N2O/c1-3-6-16-11(5-8-18)9-17(7-4-2)10-12(13,14)15/h11,16,18H,3-10H2,1-2H3. The number of nitrogens with zero attached hydrogens (tertiary/aromatic N) is 1. The molecule has 2 N–H and O–H groups in total. The summed E-state index contributed by atoms with van der Waals surface area (Å²) in [7, 11) is 0. The monoisotopic (exact) mass is 270 g/mol. The summed E-state index contributed by atoms with van der Waals surface area (Å²) in [5, 5.41) is 12.1. The lowest BCUT2D eigenvalue weighted by Gasteiger charge is -2.28. The Morgan fingerprint density at radius 3 is 2.33 bits per heavy atom. The average Bonchev–Trinajstić information content (AvgIpc) is 2.24. The van der Waals surface area contributed by atoms with Crippen LogP contribution in [0.15, 0.2) is 0 Å². The Labute approximate surface area is 107 Å². The highest BCUT2D eigenvalue weighted by atomic mass is 19.4. The fraction of sp³-hybridized carbons (Fsp3) is 1.00. The second-order valence-electron chi connectivity index (χ2n) is 4.51. The maximum Gasteiger partial charge on any atom is 0.401 e. The van der Waals surface area contributed by atoms with E-state index in [4.69, 9.17) is 5.11 Å². The van der Waals surface area contributed by atoms with Crippen LogP contribution in [0.4, 0.5) is 13.2 Å². The van der Waals surface area contributed by atoms with Gasteiger partial charge in [0.1, 0.15) is 0 Å². The molecule has 0 heterocycles. The molecule has 0 fully saturated rings. The first-order chi connectivity index (χ1) is 8.42. The number of alkyl halides is 3. The third-order valence-corrected chi connectivity index (χ3v) is 2.58. The molecule has 0 aromatic carbocycles. The van der Waals surface area contributed by atoms with E-state index in [0.29, 0.717) is 25.9 Å². The molecule has 0 aromatic rings. The van der Waals surface area contributed by atoms with Crippen molar-refractivity contribution in [3.8, 4) is 0 Å². The van der Waals surface area contributed by atoms with E-state index in [1.807, 2.05) is 13.8 Å². The zero-order valence-electron chi connectivity index (χ0n) is 11.3. The lowest BCUT2D eigenvalue weighted by atomic mass is 10.2. The van der Waals surface area contributed by atoms with E-state index < -0.39 is 12.7 Å². The topological polar surface area (TPSA) is 35.5 Å². The Morgan fingerprint density at radius 2 is 1.89 bits per heavy atom. The summed E-state index contributed by atoms with van der Waals surface area (Å²) in [5.74, 6) is 0. The molecule has 3 nitrogen and oxygen atoms in total. The van der Waals surface area contributed by atoms with Crippen LogP contribution in [0, 0.1) is 0 Å². The molecule has 110 valence electrons. The van der Waals surface area contributed by atoms with Crippen LogP contribution in [0.3, 0.4) is 0 Å². The minimum Gasteiger partial charge on any atom is -0.396 e. The van der Waals surface area contributed by atoms with E-state index >= 15 is 0 Å². The van der Waals surface area contributed by atoms with Crippen LogP contribution in [-0.2, 0) is 0 Å². The number of aliphatic hydroxyl groups is 1. The first-order valence-corrected chi connectivity index (χ1v) is 6.56. The molecule has 6 heteroatoms. The van der Waals surface area contributed by atoms with Crippen molar-refractivity contribution in [2.45, 2.75) is 45.3 Å². The van der Waals surface area contributed by atoms with Gasteiger partial charge in [-0.1, -0.05) is 13.8 Å². The lowest BCUT2D eigenvalue weighted by molar-refractivity contribution is -0.146. The van der Waals surface area contributed by atoms with Crippen molar-refractivity contribution < 1.29 is 18.3 Å². The van der Waals surface area contributed by atoms with Gasteiger partial charge in [0, 0.05) is 19.2 Å². The van der Waals surface area contributed by atoms with Gasteiger partial charge in [-0.15, -0.1) is 0 Å². The molecule has 0 amide bonds. The fourth-order valence-corrected chi connectivity index (χ4v) is 1.88. The second kappa shape index (κ2) is 9.58. The van der Waals surface area contributed by atoms with E-state index in [2.05, 4.69) is 5.32 Å². The molecule has 0 saturated heterocycles. The van der Waals surface area contributed by atoms with Crippen LogP contribution in [0.5, 0.6) is 0 Å². The number of hydrogen-bond donors (Lipinski definition) is 2. The summed E-state index contributed by atoms with van der Waals surface area (Å²) >= 11 is 0. The molecule has 0 radical (unpaired) electrons. The summed E-state index contributed by atoms with van der Waals surface area (Å²) in [6, 6.07) is -0.0798. The van der Waals surface area contributed by atoms with Gasteiger partial charge in [-0.25, -0.2) is 0 Å². The maximum absolute atomic E-state index is 12.4. The van der Waals surface area contributed by atoms with E-state index in [1.54, 1.807) is 0 Å². The van der Waals surface area contributed by atoms with Gasteiger partial charge in [-0.3, -0.25) is 4.90 Å². The van der Waals surface area contributed by atoms with Gasteiger partial charge in [-0.2, -0.15) is 13.2 Å². The lowest BCUT2D eigenvalue weighted by Crippen LogP contribution is -2.45. The quantitative estimate of drug-likeness (QED) is 0.637. The number of hydrogen-bond acceptors (Lipinski definition) is 3. The number of nitrogens with one attached hydrogen (secondary N) is 1. The Kier molecular flexibility index (Phi) is 9.40. The van der Waals surface area contributed by atoms with Crippen LogP contribution in [0.2, 0.25) is 0 Å². The van der Waals surface area contributed by atoms with Crippen molar-refractivity contribution >= 4 is 0 Å². The molecule has 0 rings (SSSR count). The number of rotatable bonds is 10. The van der Waals surface area contributed by atoms with Gasteiger partial charge >= 0.3 is 6.18 Å². The van der Waals surface area contributed by atoms with Gasteiger partial charge in [0.05, 0.1) is 6.54 Å². The van der Waals surface area contributed by atoms with Crippen LogP contribution < -0.4 is 5.32 Å². The fourth-order valence-electron chi connectivity index (χ4n) is 1.88. The zero-order chi connectivity index (χ0) is 14.0. The highest BCUT2D eigenvalue weighted by molar-refractivity contribution is 4.73. The van der Waals surface area contributed by atoms with Crippen LogP contribution in [-0.4, -0.2) is 55.0 Å². The molecule has 0 aliphatic heterocycles. The van der Waals surface area contributed by atoms with Gasteiger partial charge in [0.25, 0.3) is 0 Å². The molecule has 1 unspecified atom stereocenters. The molecule has 0 spiro atoms. The summed E-state index contributed by atoms with van der Waals surface area (Å²) < 4.78 is 37.2. The van der Waals surface area contributed by atoms with Crippen LogP contribution >= 0.6 is 0 Å². The number of halogens is 3. The van der Waals surface area contributed by atoms with Gasteiger partial charge in [0.15, 0.2) is 0 Å². The molecule has 0 bridgehead atoms. The molecule has 0 aromatic heterocycles. The molecule has 0 saturated carbocycles. The van der Waals surface area contributed by atoms with Gasteiger partial charge in [-0.05, 0) is 32.4 Å². The van der Waals surface area contributed by atoms with Crippen molar-refractivity contribution in [2.75, 3.05) is 32.8 Å². The first-order valence-electron chi connectivity index (χ1n) is 6.56. The van der Waals surface area contributed by atoms with Crippen LogP contribution in [0.1, 0.15) is 33.1 Å². The van der Waals surface area contributed by atoms with Crippen molar-refractivity contribution in [2.24, 2.45) is 0 Å². The maximum atomic E-state index is 12.4. The van der Waals surface area contributed by atoms with Crippen LogP contribution in [0.25, 0.3) is 0 Å². The third-order valence-electron chi connectivity index (χ3n) is 2.58. The highest BCUT2D eigenvalue weighted by Crippen LogP contribution is 2.17. The summed E-state index contributed by atoms with van der Waals surface area (Å²) in [4.78, 5) is 1.41. The molecule has 0 aliphatic carbocycles. The Hall–Kier alpha value is -0.330. The van der Waals surface area contributed by atoms with E-state index in [9.17, 15) is 13.2 Å². The van der Waals surface area contributed by atoms with Crippen molar-refractivity contribution in [1.82, 2.24) is 10.2 Å². The third kappa shape index (κ3) is 9.67. The van der Waals surface area contributed by atoms with Crippen molar-refractivity contribution in [3.05, 3.63) is 0 Å². The molecular formula is C12H25F3N2O. The molecule has 18 heavy (non-hydrogen) atoms. The normalized spacial score (nSPS) is 14.2. The Balaban J connectivity index is 4.30. The first kappa shape index (κ1) is 17.7. The predicted octanol–water partition coefficient (Wildman–Crippen LogP) is 2.01. The van der Waals surface area contributed by atoms with Crippen molar-refractivity contribution in [3.63, 3.8) is 0 Å². The average molecular weight is 270 g/mol. The van der Waals surface area contributed by atoms with E-state index in [1.165, 1.54) is 4.90 Å². The zero-order valence-corrected chi connectivity index (χ0v) is 11.3. The minimum atomic E-state index is -4.16. The SMILES string of the molecule is CCCNC(CCO)CN(CCC)CC(F)(F)F. The molecule has 1 atom stereocenters. The molecule has 0 aliphatic rings. The Morgan fingerprint density at radius 1 is 1.22 bits per heavy atom. The second-order valence-corrected chi connectivity index (χ2v) is 4.51. The van der Waals surface area contributed by atoms with E-state index in [0.717, 1.165) is 13.0 Å². The Bertz CT molecular complexity index is 200. The summed E-state index contributed by atoms with van der Waals surface area (Å²) in [6.07, 6.45) is -2.06. The minimum absolute atomic E-state index is 0.00658. The molecular weight excluding hydrogens is 245 g/mol. The van der Waals surface area contributed by atoms with Crippen molar-refractivity contribution in [1.29, 1.82) is 0 Å². The summed E-state index contributed by atoms with van der Waals surface area (Å²) in [5.41, 5.74) is 0. The highest BCUT2D eigenvalue weighted by Gasteiger charge is 2.31. The smallest absolute Gasteiger partial charge is 0.396 e. The van der Waals surface area contributed by atoms with E-state index in [-0.39, 0.29) is 12.6 Å².